The van der Waals surface area contributed by atoms with Crippen molar-refractivity contribution >= 4 is 10.0 Å². The van der Waals surface area contributed by atoms with Gasteiger partial charge >= 0.3 is 0 Å². The molecule has 0 aliphatic heterocycles. The second kappa shape index (κ2) is 6.89. The van der Waals surface area contributed by atoms with Crippen LogP contribution in [0.4, 0.5) is 0 Å². The van der Waals surface area contributed by atoms with Gasteiger partial charge in [-0.3, -0.25) is 0 Å². The van der Waals surface area contributed by atoms with Crippen molar-refractivity contribution in [2.24, 2.45) is 0 Å². The molecule has 20 heavy (non-hydrogen) atoms. The van der Waals surface area contributed by atoms with Gasteiger partial charge in [0.25, 0.3) is 0 Å². The van der Waals surface area contributed by atoms with E-state index in [1.165, 1.54) is 0 Å². The van der Waals surface area contributed by atoms with Crippen molar-refractivity contribution in [2.75, 3.05) is 6.61 Å². The molecule has 1 aromatic carbocycles. The molecule has 0 spiro atoms. The van der Waals surface area contributed by atoms with Gasteiger partial charge in [-0.2, -0.15) is 0 Å². The zero-order valence-corrected chi connectivity index (χ0v) is 12.1. The number of nitrogens with one attached hydrogen (secondary N) is 1. The predicted octanol–water partition coefficient (Wildman–Crippen LogP) is 1.64. The summed E-state index contributed by atoms with van der Waals surface area (Å²) in [4.78, 5) is 0.220. The Morgan fingerprint density at radius 3 is 2.65 bits per heavy atom. The van der Waals surface area contributed by atoms with E-state index in [-0.39, 0.29) is 17.5 Å². The van der Waals surface area contributed by atoms with E-state index in [1.807, 2.05) is 0 Å². The van der Waals surface area contributed by atoms with Crippen molar-refractivity contribution in [1.82, 2.24) is 4.72 Å². The Morgan fingerprint density at radius 2 is 1.95 bits per heavy atom. The van der Waals surface area contributed by atoms with E-state index >= 15 is 0 Å². The summed E-state index contributed by atoms with van der Waals surface area (Å²) in [6.07, 6.45) is 4.29. The van der Waals surface area contributed by atoms with Gasteiger partial charge in [0, 0.05) is 18.0 Å². The summed E-state index contributed by atoms with van der Waals surface area (Å²) < 4.78 is 27.6. The summed E-state index contributed by atoms with van der Waals surface area (Å²) in [6.45, 7) is -0.0256. The predicted molar refractivity (Wildman–Crippen MR) is 77.6 cm³/mol. The fraction of sp³-hybridized carbons (Fsp3) is 0.467. The molecule has 0 bridgehead atoms. The maximum absolute atomic E-state index is 12.4. The monoisotopic (exact) mass is 293 g/mol. The standard InChI is InChI=1S/C15H19NO3S/c17-12-6-5-8-13-7-1-4-11-15(13)20(18,19)16-14-9-2-3-10-14/h1,4,7,11,14,16-17H,2-3,6,9-10,12H2. The van der Waals surface area contributed by atoms with Gasteiger partial charge in [-0.1, -0.05) is 36.8 Å². The second-order valence-corrected chi connectivity index (χ2v) is 6.56. The molecule has 0 heterocycles. The van der Waals surface area contributed by atoms with Crippen molar-refractivity contribution in [2.45, 2.75) is 43.0 Å². The molecule has 0 unspecified atom stereocenters. The van der Waals surface area contributed by atoms with Crippen molar-refractivity contribution in [3.8, 4) is 11.8 Å². The number of sulfonamides is 1. The lowest BCUT2D eigenvalue weighted by Crippen LogP contribution is -2.33. The van der Waals surface area contributed by atoms with E-state index in [4.69, 9.17) is 5.11 Å². The maximum Gasteiger partial charge on any atom is 0.242 e. The highest BCUT2D eigenvalue weighted by atomic mass is 32.2. The van der Waals surface area contributed by atoms with Gasteiger partial charge in [-0.15, -0.1) is 0 Å². The maximum atomic E-state index is 12.4. The third-order valence-corrected chi connectivity index (χ3v) is 4.89. The smallest absolute Gasteiger partial charge is 0.242 e. The molecule has 108 valence electrons. The highest BCUT2D eigenvalue weighted by molar-refractivity contribution is 7.89. The summed E-state index contributed by atoms with van der Waals surface area (Å²) in [7, 11) is -3.53. The minimum atomic E-state index is -3.53. The lowest BCUT2D eigenvalue weighted by atomic mass is 10.2. The van der Waals surface area contributed by atoms with Gasteiger partial charge < -0.3 is 5.11 Å². The van der Waals surface area contributed by atoms with Crippen LogP contribution in [0.1, 0.15) is 37.7 Å². The van der Waals surface area contributed by atoms with Gasteiger partial charge in [-0.25, -0.2) is 13.1 Å². The normalized spacial score (nSPS) is 15.8. The Balaban J connectivity index is 2.24. The lowest BCUT2D eigenvalue weighted by molar-refractivity contribution is 0.305. The van der Waals surface area contributed by atoms with Crippen LogP contribution >= 0.6 is 0 Å². The van der Waals surface area contributed by atoms with Gasteiger partial charge in [0.2, 0.25) is 10.0 Å². The number of aliphatic hydroxyl groups is 1. The SMILES string of the molecule is O=S(=O)(NC1CCCC1)c1ccccc1C#CCCO. The van der Waals surface area contributed by atoms with Crippen molar-refractivity contribution in [3.63, 3.8) is 0 Å². The second-order valence-electron chi connectivity index (χ2n) is 4.87. The van der Waals surface area contributed by atoms with E-state index in [0.29, 0.717) is 12.0 Å². The summed E-state index contributed by atoms with van der Waals surface area (Å²) in [5.41, 5.74) is 0.478. The first kappa shape index (κ1) is 15.0. The quantitative estimate of drug-likeness (QED) is 0.829. The van der Waals surface area contributed by atoms with E-state index in [2.05, 4.69) is 16.6 Å². The zero-order chi connectivity index (χ0) is 14.4. The van der Waals surface area contributed by atoms with Gasteiger partial charge in [-0.05, 0) is 25.0 Å². The summed E-state index contributed by atoms with van der Waals surface area (Å²) in [5.74, 6) is 5.58. The molecule has 0 radical (unpaired) electrons. The molecule has 4 nitrogen and oxygen atoms in total. The zero-order valence-electron chi connectivity index (χ0n) is 11.3. The van der Waals surface area contributed by atoms with Crippen LogP contribution in [0.2, 0.25) is 0 Å². The van der Waals surface area contributed by atoms with Crippen LogP contribution in [0.3, 0.4) is 0 Å². The Morgan fingerprint density at radius 1 is 1.25 bits per heavy atom. The largest absolute Gasteiger partial charge is 0.395 e. The highest BCUT2D eigenvalue weighted by Crippen LogP contribution is 2.21. The highest BCUT2D eigenvalue weighted by Gasteiger charge is 2.24. The third kappa shape index (κ3) is 3.83. The van der Waals surface area contributed by atoms with Crippen molar-refractivity contribution < 1.29 is 13.5 Å². The molecule has 0 aromatic heterocycles. The Labute approximate surface area is 120 Å². The molecule has 0 saturated heterocycles. The number of hydrogen-bond donors (Lipinski definition) is 2. The Bertz CT molecular complexity index is 607. The van der Waals surface area contributed by atoms with Gasteiger partial charge in [0.1, 0.15) is 0 Å². The molecule has 0 amide bonds. The number of aliphatic hydroxyl groups excluding tert-OH is 1. The van der Waals surface area contributed by atoms with Crippen LogP contribution in [0.15, 0.2) is 29.2 Å². The Hall–Kier alpha value is -1.35. The first-order valence-corrected chi connectivity index (χ1v) is 8.33. The third-order valence-electron chi connectivity index (χ3n) is 3.31. The fourth-order valence-electron chi connectivity index (χ4n) is 2.34. The van der Waals surface area contributed by atoms with Crippen LogP contribution in [0.25, 0.3) is 0 Å². The molecule has 1 saturated carbocycles. The van der Waals surface area contributed by atoms with Crippen LogP contribution in [0, 0.1) is 11.8 Å². The van der Waals surface area contributed by atoms with Crippen molar-refractivity contribution in [3.05, 3.63) is 29.8 Å². The molecule has 0 atom stereocenters. The summed E-state index contributed by atoms with van der Waals surface area (Å²) in [5, 5.41) is 8.73. The average molecular weight is 293 g/mol. The first-order valence-electron chi connectivity index (χ1n) is 6.84. The van der Waals surface area contributed by atoms with Gasteiger partial charge in [0.05, 0.1) is 11.5 Å². The molecule has 2 rings (SSSR count). The van der Waals surface area contributed by atoms with E-state index in [0.717, 1.165) is 25.7 Å². The summed E-state index contributed by atoms with van der Waals surface area (Å²) in [6, 6.07) is 6.75. The number of hydrogen-bond acceptors (Lipinski definition) is 3. The molecule has 5 heteroatoms. The molecule has 1 aliphatic rings. The first-order chi connectivity index (χ1) is 9.63. The lowest BCUT2D eigenvalue weighted by Gasteiger charge is -2.13. The molecule has 1 aromatic rings. The topological polar surface area (TPSA) is 66.4 Å². The van der Waals surface area contributed by atoms with Crippen LogP contribution in [-0.2, 0) is 10.0 Å². The van der Waals surface area contributed by atoms with Gasteiger partial charge in [0.15, 0.2) is 0 Å². The molecular formula is C15H19NO3S. The van der Waals surface area contributed by atoms with E-state index < -0.39 is 10.0 Å². The minimum absolute atomic E-state index is 0.0256. The molecule has 1 aliphatic carbocycles. The Kier molecular flexibility index (Phi) is 5.18. The van der Waals surface area contributed by atoms with Crippen LogP contribution in [0.5, 0.6) is 0 Å². The minimum Gasteiger partial charge on any atom is -0.395 e. The number of rotatable bonds is 4. The molecule has 2 N–H and O–H groups in total. The van der Waals surface area contributed by atoms with Crippen molar-refractivity contribution in [1.29, 1.82) is 0 Å². The fourth-order valence-corrected chi connectivity index (χ4v) is 3.81. The molecular weight excluding hydrogens is 274 g/mol. The summed E-state index contributed by atoms with van der Waals surface area (Å²) >= 11 is 0. The number of benzene rings is 1. The average Bonchev–Trinajstić information content (AvgIpc) is 2.91. The van der Waals surface area contributed by atoms with Crippen LogP contribution in [-0.4, -0.2) is 26.2 Å². The van der Waals surface area contributed by atoms with Crippen LogP contribution < -0.4 is 4.72 Å². The van der Waals surface area contributed by atoms with E-state index in [1.54, 1.807) is 24.3 Å². The van der Waals surface area contributed by atoms with E-state index in [9.17, 15) is 8.42 Å². The molecule has 1 fully saturated rings.